The first-order valence-corrected chi connectivity index (χ1v) is 1.20. The molecule has 3 heteroatoms. The van der Waals surface area contributed by atoms with Crippen LogP contribution in [0, 0.1) is 0 Å². The molecule has 0 heterocycles. The molecule has 6 heavy (non-hydrogen) atoms. The zero-order chi connectivity index (χ0) is 3.58. The molecule has 0 unspecified atom stereocenters. The predicted octanol–water partition coefficient (Wildman–Crippen LogP) is 0.101. The SMILES string of the molecule is CC(C)=O.Cl.[CaH2]. The molecule has 0 aromatic rings. The van der Waals surface area contributed by atoms with Crippen LogP contribution < -0.4 is 0 Å². The second-order valence-corrected chi connectivity index (χ2v) is 0.908. The van der Waals surface area contributed by atoms with E-state index in [1.54, 1.807) is 0 Å². The second kappa shape index (κ2) is 9.52. The van der Waals surface area contributed by atoms with Crippen LogP contribution in [0.5, 0.6) is 0 Å². The van der Waals surface area contributed by atoms with E-state index in [0.717, 1.165) is 0 Å². The van der Waals surface area contributed by atoms with Gasteiger partial charge in [-0.05, 0) is 13.8 Å². The maximum atomic E-state index is 9.44. The van der Waals surface area contributed by atoms with Gasteiger partial charge >= 0.3 is 37.7 Å². The van der Waals surface area contributed by atoms with Crippen LogP contribution in [0.25, 0.3) is 0 Å². The molecule has 0 aromatic carbocycles. The van der Waals surface area contributed by atoms with E-state index in [-0.39, 0.29) is 55.9 Å². The standard InChI is InChI=1S/C3H6O.Ca.ClH.2H/c1-3(2)4;;;;/h1-2H3;;1H;;. The van der Waals surface area contributed by atoms with E-state index >= 15 is 0 Å². The van der Waals surface area contributed by atoms with Crippen molar-refractivity contribution in [1.82, 2.24) is 0 Å². The van der Waals surface area contributed by atoms with Gasteiger partial charge in [0, 0.05) is 0 Å². The molecule has 0 amide bonds. The average molecular weight is 137 g/mol. The van der Waals surface area contributed by atoms with Gasteiger partial charge in [-0.15, -0.1) is 12.4 Å². The molecular formula is C3H9CaClO. The van der Waals surface area contributed by atoms with Crippen molar-refractivity contribution >= 4 is 55.9 Å². The first-order chi connectivity index (χ1) is 1.73. The molecule has 0 aliphatic rings. The van der Waals surface area contributed by atoms with Crippen LogP contribution in [0.4, 0.5) is 0 Å². The Labute approximate surface area is 73.9 Å². The summed E-state index contributed by atoms with van der Waals surface area (Å²) in [6.45, 7) is 3.06. The van der Waals surface area contributed by atoms with Gasteiger partial charge in [-0.3, -0.25) is 0 Å². The molecular weight excluding hydrogens is 128 g/mol. The van der Waals surface area contributed by atoms with Crippen molar-refractivity contribution in [2.24, 2.45) is 0 Å². The molecule has 0 bridgehead atoms. The summed E-state index contributed by atoms with van der Waals surface area (Å²) in [6.07, 6.45) is 0. The first kappa shape index (κ1) is 15.7. The minimum atomic E-state index is 0. The number of Topliss-reactive ketones (excluding diaryl/α,β-unsaturated/α-hetero) is 1. The van der Waals surface area contributed by atoms with Crippen molar-refractivity contribution in [3.8, 4) is 0 Å². The van der Waals surface area contributed by atoms with Crippen molar-refractivity contribution in [3.63, 3.8) is 0 Å². The van der Waals surface area contributed by atoms with Crippen molar-refractivity contribution in [3.05, 3.63) is 0 Å². The van der Waals surface area contributed by atoms with Gasteiger partial charge in [-0.25, -0.2) is 0 Å². The predicted molar refractivity (Wildman–Crippen MR) is 32.1 cm³/mol. The topological polar surface area (TPSA) is 17.1 Å². The summed E-state index contributed by atoms with van der Waals surface area (Å²) < 4.78 is 0. The van der Waals surface area contributed by atoms with E-state index < -0.39 is 0 Å². The van der Waals surface area contributed by atoms with Gasteiger partial charge in [0.1, 0.15) is 5.78 Å². The van der Waals surface area contributed by atoms with Crippen molar-refractivity contribution in [1.29, 1.82) is 0 Å². The fourth-order valence-electron chi connectivity index (χ4n) is 0. The third kappa shape index (κ3) is 62.5. The first-order valence-electron chi connectivity index (χ1n) is 1.20. The van der Waals surface area contributed by atoms with E-state index in [4.69, 9.17) is 0 Å². The number of ketones is 1. The summed E-state index contributed by atoms with van der Waals surface area (Å²) >= 11 is 0. The summed E-state index contributed by atoms with van der Waals surface area (Å²) in [5.41, 5.74) is 0. The molecule has 0 fully saturated rings. The number of hydrogen-bond donors (Lipinski definition) is 0. The zero-order valence-corrected chi connectivity index (χ0v) is 4.13. The van der Waals surface area contributed by atoms with Crippen LogP contribution in [-0.4, -0.2) is 43.5 Å². The normalized spacial score (nSPS) is 4.33. The van der Waals surface area contributed by atoms with Gasteiger partial charge in [0.15, 0.2) is 0 Å². The Kier molecular flexibility index (Phi) is 24.9. The molecule has 0 atom stereocenters. The maximum absolute atomic E-state index is 9.44. The van der Waals surface area contributed by atoms with Gasteiger partial charge in [0.2, 0.25) is 0 Å². The zero-order valence-electron chi connectivity index (χ0n) is 3.32. The number of rotatable bonds is 0. The van der Waals surface area contributed by atoms with Crippen molar-refractivity contribution < 1.29 is 4.79 Å². The molecule has 0 saturated heterocycles. The van der Waals surface area contributed by atoms with Crippen LogP contribution in [-0.2, 0) is 4.79 Å². The molecule has 1 nitrogen and oxygen atoms in total. The molecule has 0 aliphatic heterocycles. The second-order valence-electron chi connectivity index (χ2n) is 0.908. The van der Waals surface area contributed by atoms with E-state index in [1.807, 2.05) is 0 Å². The monoisotopic (exact) mass is 136 g/mol. The van der Waals surface area contributed by atoms with Gasteiger partial charge in [0.25, 0.3) is 0 Å². The van der Waals surface area contributed by atoms with E-state index in [2.05, 4.69) is 0 Å². The molecule has 36 valence electrons. The van der Waals surface area contributed by atoms with E-state index in [1.165, 1.54) is 13.8 Å². The summed E-state index contributed by atoms with van der Waals surface area (Å²) in [5, 5.41) is 0. The summed E-state index contributed by atoms with van der Waals surface area (Å²) in [5.74, 6) is 0.167. The number of carbonyl (C=O) groups excluding carboxylic acids is 1. The molecule has 0 aliphatic carbocycles. The molecule has 0 radical (unpaired) electrons. The fraction of sp³-hybridized carbons (Fsp3) is 0.667. The van der Waals surface area contributed by atoms with E-state index in [0.29, 0.717) is 0 Å². The third-order valence-electron chi connectivity index (χ3n) is 0. The van der Waals surface area contributed by atoms with Crippen LogP contribution >= 0.6 is 12.4 Å². The van der Waals surface area contributed by atoms with Crippen molar-refractivity contribution in [2.75, 3.05) is 0 Å². The number of halogens is 1. The van der Waals surface area contributed by atoms with Crippen LogP contribution in [0.2, 0.25) is 0 Å². The Balaban J connectivity index is -0.0000000450. The van der Waals surface area contributed by atoms with Gasteiger partial charge < -0.3 is 4.79 Å². The Bertz CT molecular complexity index is 33.8. The van der Waals surface area contributed by atoms with Gasteiger partial charge in [-0.2, -0.15) is 0 Å². The summed E-state index contributed by atoms with van der Waals surface area (Å²) in [6, 6.07) is 0. The average Bonchev–Trinajstić information content (AvgIpc) is 0.811. The van der Waals surface area contributed by atoms with Crippen molar-refractivity contribution in [2.45, 2.75) is 13.8 Å². The van der Waals surface area contributed by atoms with Gasteiger partial charge in [0.05, 0.1) is 0 Å². The minimum absolute atomic E-state index is 0. The molecule has 0 saturated carbocycles. The van der Waals surface area contributed by atoms with Crippen LogP contribution in [0.1, 0.15) is 13.8 Å². The molecule has 0 rings (SSSR count). The number of hydrogen-bond acceptors (Lipinski definition) is 1. The quantitative estimate of drug-likeness (QED) is 0.432. The third-order valence-corrected chi connectivity index (χ3v) is 0. The van der Waals surface area contributed by atoms with Crippen LogP contribution in [0.3, 0.4) is 0 Å². The Hall–Kier alpha value is 1.22. The van der Waals surface area contributed by atoms with E-state index in [9.17, 15) is 4.79 Å². The molecule has 0 aromatic heterocycles. The van der Waals surface area contributed by atoms with Crippen LogP contribution in [0.15, 0.2) is 0 Å². The Morgan fingerprint density at radius 3 is 1.33 bits per heavy atom. The summed E-state index contributed by atoms with van der Waals surface area (Å²) in [4.78, 5) is 9.44. The fourth-order valence-corrected chi connectivity index (χ4v) is 0. The Morgan fingerprint density at radius 2 is 1.33 bits per heavy atom. The molecule has 0 N–H and O–H groups in total. The Morgan fingerprint density at radius 1 is 1.33 bits per heavy atom. The summed E-state index contributed by atoms with van der Waals surface area (Å²) in [7, 11) is 0. The van der Waals surface area contributed by atoms with Gasteiger partial charge in [-0.1, -0.05) is 0 Å². The molecule has 0 spiro atoms. The number of carbonyl (C=O) groups is 1.